The molecule has 0 aliphatic heterocycles. The van der Waals surface area contributed by atoms with E-state index in [1.54, 1.807) is 18.2 Å². The quantitative estimate of drug-likeness (QED) is 0.621. The minimum atomic E-state index is 0.245. The number of nitrogens with zero attached hydrogens (tertiary/aromatic N) is 1. The van der Waals surface area contributed by atoms with Crippen molar-refractivity contribution in [3.05, 3.63) is 57.0 Å². The van der Waals surface area contributed by atoms with E-state index in [1.165, 1.54) is 0 Å². The summed E-state index contributed by atoms with van der Waals surface area (Å²) in [6.07, 6.45) is 0. The van der Waals surface area contributed by atoms with Crippen LogP contribution in [0.1, 0.15) is 0 Å². The lowest BCUT2D eigenvalue weighted by atomic mass is 10.0. The number of benzene rings is 2. The molecule has 0 atom stereocenters. The molecule has 1 aromatic heterocycles. The molecule has 0 saturated heterocycles. The normalized spacial score (nSPS) is 10.8. The van der Waals surface area contributed by atoms with Crippen molar-refractivity contribution >= 4 is 45.0 Å². The third kappa shape index (κ3) is 2.79. The molecule has 1 heterocycles. The fraction of sp³-hybridized carbons (Fsp3) is 0. The Hall–Kier alpha value is -1.49. The highest BCUT2D eigenvalue weighted by atomic mass is 79.9. The highest BCUT2D eigenvalue weighted by Gasteiger charge is 2.19. The van der Waals surface area contributed by atoms with Crippen LogP contribution in [0.15, 0.2) is 51.5 Å². The van der Waals surface area contributed by atoms with Gasteiger partial charge < -0.3 is 10.3 Å². The maximum Gasteiger partial charge on any atom is 0.230 e. The average molecular weight is 384 g/mol. The van der Waals surface area contributed by atoms with Crippen LogP contribution in [0, 0.1) is 0 Å². The van der Waals surface area contributed by atoms with E-state index in [4.69, 9.17) is 33.5 Å². The summed E-state index contributed by atoms with van der Waals surface area (Å²) >= 11 is 15.5. The van der Waals surface area contributed by atoms with E-state index in [9.17, 15) is 0 Å². The summed E-state index contributed by atoms with van der Waals surface area (Å²) in [4.78, 5) is 0. The van der Waals surface area contributed by atoms with Gasteiger partial charge in [0.15, 0.2) is 0 Å². The number of nitrogen functional groups attached to an aromatic ring is 1. The fourth-order valence-electron chi connectivity index (χ4n) is 2.09. The molecule has 0 bridgehead atoms. The number of hydrogen-bond acceptors (Lipinski definition) is 3. The second kappa shape index (κ2) is 5.72. The van der Waals surface area contributed by atoms with Crippen molar-refractivity contribution in [3.63, 3.8) is 0 Å². The van der Waals surface area contributed by atoms with Gasteiger partial charge in [-0.3, -0.25) is 0 Å². The minimum Gasteiger partial charge on any atom is -0.367 e. The van der Waals surface area contributed by atoms with Gasteiger partial charge in [-0.2, -0.15) is 0 Å². The maximum atomic E-state index is 6.05. The Morgan fingerprint density at radius 2 is 1.81 bits per heavy atom. The van der Waals surface area contributed by atoms with Crippen molar-refractivity contribution in [2.45, 2.75) is 0 Å². The lowest BCUT2D eigenvalue weighted by molar-refractivity contribution is 0.439. The van der Waals surface area contributed by atoms with Gasteiger partial charge in [0.25, 0.3) is 0 Å². The molecule has 3 rings (SSSR count). The van der Waals surface area contributed by atoms with Gasteiger partial charge in [-0.15, -0.1) is 0 Å². The van der Waals surface area contributed by atoms with E-state index in [0.717, 1.165) is 15.6 Å². The SMILES string of the molecule is Nc1onc(-c2ccc(Cl)cc2Br)c1-c1cccc(Cl)c1. The Morgan fingerprint density at radius 3 is 2.52 bits per heavy atom. The first-order chi connectivity index (χ1) is 10.1. The summed E-state index contributed by atoms with van der Waals surface area (Å²) in [7, 11) is 0. The van der Waals surface area contributed by atoms with Crippen molar-refractivity contribution in [3.8, 4) is 22.4 Å². The predicted octanol–water partition coefficient (Wildman–Crippen LogP) is 5.66. The smallest absolute Gasteiger partial charge is 0.230 e. The molecule has 0 unspecified atom stereocenters. The van der Waals surface area contributed by atoms with E-state index in [2.05, 4.69) is 21.1 Å². The lowest BCUT2D eigenvalue weighted by Gasteiger charge is -2.05. The summed E-state index contributed by atoms with van der Waals surface area (Å²) in [5.74, 6) is 0.245. The van der Waals surface area contributed by atoms with Crippen molar-refractivity contribution in [2.75, 3.05) is 5.73 Å². The first-order valence-corrected chi connectivity index (χ1v) is 7.57. The summed E-state index contributed by atoms with van der Waals surface area (Å²) in [5.41, 5.74) is 8.96. The fourth-order valence-corrected chi connectivity index (χ4v) is 3.15. The Kier molecular flexibility index (Phi) is 3.93. The summed E-state index contributed by atoms with van der Waals surface area (Å²) < 4.78 is 5.97. The number of rotatable bonds is 2. The molecule has 0 radical (unpaired) electrons. The average Bonchev–Trinajstić information content (AvgIpc) is 2.80. The number of hydrogen-bond donors (Lipinski definition) is 1. The topological polar surface area (TPSA) is 52.0 Å². The van der Waals surface area contributed by atoms with Gasteiger partial charge in [0.05, 0.1) is 5.56 Å². The zero-order chi connectivity index (χ0) is 15.0. The molecular formula is C15H9BrCl2N2O. The molecule has 0 amide bonds. The van der Waals surface area contributed by atoms with Crippen LogP contribution in [-0.2, 0) is 0 Å². The third-order valence-corrected chi connectivity index (χ3v) is 4.14. The van der Waals surface area contributed by atoms with Crippen LogP contribution in [0.5, 0.6) is 0 Å². The second-order valence-corrected chi connectivity index (χ2v) is 6.13. The maximum absolute atomic E-state index is 6.05. The van der Waals surface area contributed by atoms with Gasteiger partial charge in [0, 0.05) is 20.1 Å². The minimum absolute atomic E-state index is 0.245. The molecule has 0 spiro atoms. The Morgan fingerprint density at radius 1 is 1.05 bits per heavy atom. The number of anilines is 1. The number of halogens is 3. The van der Waals surface area contributed by atoms with E-state index in [1.807, 2.05) is 24.3 Å². The molecule has 0 aliphatic carbocycles. The van der Waals surface area contributed by atoms with Crippen LogP contribution in [0.3, 0.4) is 0 Å². The zero-order valence-corrected chi connectivity index (χ0v) is 13.7. The molecule has 2 N–H and O–H groups in total. The molecule has 2 aromatic carbocycles. The Labute approximate surface area is 139 Å². The molecular weight excluding hydrogens is 375 g/mol. The first kappa shape index (κ1) is 14.4. The van der Waals surface area contributed by atoms with Crippen LogP contribution in [0.2, 0.25) is 10.0 Å². The van der Waals surface area contributed by atoms with E-state index < -0.39 is 0 Å². The van der Waals surface area contributed by atoms with Gasteiger partial charge >= 0.3 is 0 Å². The third-order valence-electron chi connectivity index (χ3n) is 3.02. The first-order valence-electron chi connectivity index (χ1n) is 6.03. The number of nitrogens with two attached hydrogens (primary N) is 1. The highest BCUT2D eigenvalue weighted by molar-refractivity contribution is 9.10. The predicted molar refractivity (Wildman–Crippen MR) is 89.5 cm³/mol. The Balaban J connectivity index is 2.22. The standard InChI is InChI=1S/C15H9BrCl2N2O/c16-12-7-10(18)4-5-11(12)14-13(15(19)21-20-14)8-2-1-3-9(17)6-8/h1-7H,19H2. The zero-order valence-electron chi connectivity index (χ0n) is 10.6. The highest BCUT2D eigenvalue weighted by Crippen LogP contribution is 2.40. The van der Waals surface area contributed by atoms with Gasteiger partial charge in [-0.05, 0) is 29.8 Å². The lowest BCUT2D eigenvalue weighted by Crippen LogP contribution is -1.88. The molecule has 0 saturated carbocycles. The van der Waals surface area contributed by atoms with Crippen LogP contribution >= 0.6 is 39.1 Å². The van der Waals surface area contributed by atoms with Gasteiger partial charge in [0.1, 0.15) is 5.69 Å². The van der Waals surface area contributed by atoms with Gasteiger partial charge in [-0.1, -0.05) is 62.5 Å². The van der Waals surface area contributed by atoms with E-state index in [0.29, 0.717) is 21.3 Å². The summed E-state index contributed by atoms with van der Waals surface area (Å²) in [5, 5.41) is 5.32. The molecule has 3 aromatic rings. The molecule has 0 aliphatic rings. The van der Waals surface area contributed by atoms with Crippen LogP contribution in [-0.4, -0.2) is 5.16 Å². The van der Waals surface area contributed by atoms with Crippen molar-refractivity contribution in [1.29, 1.82) is 0 Å². The van der Waals surface area contributed by atoms with Crippen LogP contribution in [0.4, 0.5) is 5.88 Å². The van der Waals surface area contributed by atoms with Crippen molar-refractivity contribution in [2.24, 2.45) is 0 Å². The second-order valence-electron chi connectivity index (χ2n) is 4.40. The molecule has 106 valence electrons. The van der Waals surface area contributed by atoms with Crippen LogP contribution in [0.25, 0.3) is 22.4 Å². The summed E-state index contributed by atoms with van der Waals surface area (Å²) in [6.45, 7) is 0. The monoisotopic (exact) mass is 382 g/mol. The van der Waals surface area contributed by atoms with Gasteiger partial charge in [-0.25, -0.2) is 0 Å². The van der Waals surface area contributed by atoms with Gasteiger partial charge in [0.2, 0.25) is 5.88 Å². The largest absolute Gasteiger partial charge is 0.367 e. The molecule has 21 heavy (non-hydrogen) atoms. The van der Waals surface area contributed by atoms with E-state index >= 15 is 0 Å². The Bertz CT molecular complexity index is 817. The van der Waals surface area contributed by atoms with Crippen LogP contribution < -0.4 is 5.73 Å². The molecule has 3 nitrogen and oxygen atoms in total. The summed E-state index contributed by atoms with van der Waals surface area (Å²) in [6, 6.07) is 12.8. The van der Waals surface area contributed by atoms with Crippen molar-refractivity contribution < 1.29 is 4.52 Å². The number of aromatic nitrogens is 1. The van der Waals surface area contributed by atoms with Crippen molar-refractivity contribution in [1.82, 2.24) is 5.16 Å². The molecule has 0 fully saturated rings. The molecule has 6 heteroatoms. The van der Waals surface area contributed by atoms with E-state index in [-0.39, 0.29) is 5.88 Å².